The molecule has 0 radical (unpaired) electrons. The molecule has 0 saturated heterocycles. The van der Waals surface area contributed by atoms with Crippen LogP contribution in [0.5, 0.6) is 0 Å². The summed E-state index contributed by atoms with van der Waals surface area (Å²) in [6, 6.07) is 10.2. The third-order valence-electron chi connectivity index (χ3n) is 3.13. The highest BCUT2D eigenvalue weighted by molar-refractivity contribution is 7.99. The van der Waals surface area contributed by atoms with Crippen LogP contribution in [0.3, 0.4) is 0 Å². The summed E-state index contributed by atoms with van der Waals surface area (Å²) in [4.78, 5) is 5.52. The molecule has 3 aromatic heterocycles. The van der Waals surface area contributed by atoms with E-state index in [1.165, 1.54) is 0 Å². The molecule has 6 heteroatoms. The van der Waals surface area contributed by atoms with E-state index < -0.39 is 0 Å². The van der Waals surface area contributed by atoms with E-state index >= 15 is 0 Å². The van der Waals surface area contributed by atoms with Gasteiger partial charge in [-0.15, -0.1) is 10.2 Å². The summed E-state index contributed by atoms with van der Waals surface area (Å²) in [5.41, 5.74) is 1.88. The largest absolute Gasteiger partial charge is 0.312 e. The van der Waals surface area contributed by atoms with Crippen LogP contribution in [0.15, 0.2) is 52.8 Å². The molecule has 0 aliphatic carbocycles. The average Bonchev–Trinajstić information content (AvgIpc) is 2.91. The quantitative estimate of drug-likeness (QED) is 0.798. The second kappa shape index (κ2) is 5.60. The summed E-state index contributed by atoms with van der Waals surface area (Å²) in [6.45, 7) is 2.08. The van der Waals surface area contributed by atoms with Crippen LogP contribution in [0.2, 0.25) is 0 Å². The lowest BCUT2D eigenvalue weighted by atomic mass is 10.2. The smallest absolute Gasteiger partial charge is 0.200 e. The van der Waals surface area contributed by atoms with Gasteiger partial charge in [-0.1, -0.05) is 6.07 Å². The molecule has 0 saturated carbocycles. The van der Waals surface area contributed by atoms with Crippen molar-refractivity contribution >= 4 is 17.4 Å². The van der Waals surface area contributed by atoms with Gasteiger partial charge in [0, 0.05) is 23.3 Å². The van der Waals surface area contributed by atoms with E-state index in [-0.39, 0.29) is 6.04 Å². The molecule has 0 spiro atoms. The van der Waals surface area contributed by atoms with Gasteiger partial charge in [0.1, 0.15) is 0 Å². The minimum atomic E-state index is 0.253. The first-order chi connectivity index (χ1) is 9.78. The lowest BCUT2D eigenvalue weighted by molar-refractivity contribution is 0.631. The molecule has 5 nitrogen and oxygen atoms in total. The molecule has 3 rings (SSSR count). The lowest BCUT2D eigenvalue weighted by Gasteiger charge is -2.09. The highest BCUT2D eigenvalue weighted by atomic mass is 32.2. The van der Waals surface area contributed by atoms with E-state index in [4.69, 9.17) is 0 Å². The Balaban J connectivity index is 1.84. The number of nitrogens with zero attached hydrogens (tertiary/aromatic N) is 4. The van der Waals surface area contributed by atoms with E-state index in [1.54, 1.807) is 11.8 Å². The van der Waals surface area contributed by atoms with Gasteiger partial charge < -0.3 is 5.32 Å². The van der Waals surface area contributed by atoms with E-state index in [0.29, 0.717) is 0 Å². The molecule has 1 N–H and O–H groups in total. The maximum Gasteiger partial charge on any atom is 0.200 e. The molecule has 102 valence electrons. The number of aromatic nitrogens is 4. The second-order valence-electron chi connectivity index (χ2n) is 4.44. The summed E-state index contributed by atoms with van der Waals surface area (Å²) in [5, 5.41) is 12.4. The Hall–Kier alpha value is -1.92. The Morgan fingerprint density at radius 1 is 1.20 bits per heavy atom. The first kappa shape index (κ1) is 13.1. The normalized spacial score (nSPS) is 12.7. The van der Waals surface area contributed by atoms with Gasteiger partial charge in [-0.25, -0.2) is 0 Å². The van der Waals surface area contributed by atoms with E-state index in [0.717, 1.165) is 21.4 Å². The van der Waals surface area contributed by atoms with Gasteiger partial charge in [0.15, 0.2) is 10.8 Å². The first-order valence-corrected chi connectivity index (χ1v) is 7.20. The van der Waals surface area contributed by atoms with Gasteiger partial charge in [-0.3, -0.25) is 9.38 Å². The average molecular weight is 285 g/mol. The summed E-state index contributed by atoms with van der Waals surface area (Å²) in [5.74, 6) is 0. The summed E-state index contributed by atoms with van der Waals surface area (Å²) in [6.07, 6.45) is 3.83. The van der Waals surface area contributed by atoms with Crippen LogP contribution < -0.4 is 5.32 Å². The maximum absolute atomic E-state index is 4.47. The Morgan fingerprint density at radius 3 is 2.85 bits per heavy atom. The van der Waals surface area contributed by atoms with Gasteiger partial charge in [0.2, 0.25) is 0 Å². The van der Waals surface area contributed by atoms with Crippen LogP contribution in [-0.4, -0.2) is 26.6 Å². The molecule has 0 aliphatic rings. The predicted molar refractivity (Wildman–Crippen MR) is 78.8 cm³/mol. The standard InChI is InChI=1S/C14H15N5S/c1-10(15-2)12-7-6-11(9-16-12)20-14-18-17-13-5-3-4-8-19(13)14/h3-10,15H,1-2H3. The molecule has 0 bridgehead atoms. The number of fused-ring (bicyclic) bond motifs is 1. The second-order valence-corrected chi connectivity index (χ2v) is 5.48. The zero-order chi connectivity index (χ0) is 13.9. The Kier molecular flexibility index (Phi) is 3.66. The predicted octanol–water partition coefficient (Wildman–Crippen LogP) is 2.56. The van der Waals surface area contributed by atoms with E-state index in [1.807, 2.05) is 48.1 Å². The molecule has 0 aromatic carbocycles. The van der Waals surface area contributed by atoms with Crippen LogP contribution in [0.4, 0.5) is 0 Å². The number of hydrogen-bond acceptors (Lipinski definition) is 5. The van der Waals surface area contributed by atoms with Gasteiger partial charge in [-0.05, 0) is 50.0 Å². The van der Waals surface area contributed by atoms with Crippen LogP contribution in [0.1, 0.15) is 18.7 Å². The van der Waals surface area contributed by atoms with Crippen molar-refractivity contribution in [3.8, 4) is 0 Å². The fourth-order valence-corrected chi connectivity index (χ4v) is 2.64. The molecule has 1 unspecified atom stereocenters. The third-order valence-corrected chi connectivity index (χ3v) is 4.07. The Morgan fingerprint density at radius 2 is 2.10 bits per heavy atom. The monoisotopic (exact) mass is 285 g/mol. The zero-order valence-corrected chi connectivity index (χ0v) is 12.1. The van der Waals surface area contributed by atoms with Crippen molar-refractivity contribution in [3.63, 3.8) is 0 Å². The lowest BCUT2D eigenvalue weighted by Crippen LogP contribution is -2.13. The Bertz CT molecular complexity index is 707. The molecule has 20 heavy (non-hydrogen) atoms. The van der Waals surface area contributed by atoms with Crippen LogP contribution in [0, 0.1) is 0 Å². The van der Waals surface area contributed by atoms with Gasteiger partial charge in [-0.2, -0.15) is 0 Å². The fraction of sp³-hybridized carbons (Fsp3) is 0.214. The third kappa shape index (κ3) is 2.52. The molecule has 3 aromatic rings. The van der Waals surface area contributed by atoms with Gasteiger partial charge in [0.25, 0.3) is 0 Å². The van der Waals surface area contributed by atoms with Gasteiger partial charge >= 0.3 is 0 Å². The molecular formula is C14H15N5S. The highest BCUT2D eigenvalue weighted by Crippen LogP contribution is 2.26. The van der Waals surface area contributed by atoms with Crippen molar-refractivity contribution in [3.05, 3.63) is 48.4 Å². The van der Waals surface area contributed by atoms with Crippen molar-refractivity contribution in [2.75, 3.05) is 7.05 Å². The minimum absolute atomic E-state index is 0.253. The summed E-state index contributed by atoms with van der Waals surface area (Å²) < 4.78 is 1.97. The van der Waals surface area contributed by atoms with Crippen molar-refractivity contribution in [2.45, 2.75) is 23.0 Å². The number of nitrogens with one attached hydrogen (secondary N) is 1. The molecular weight excluding hydrogens is 270 g/mol. The van der Waals surface area contributed by atoms with Crippen molar-refractivity contribution in [2.24, 2.45) is 0 Å². The number of hydrogen-bond donors (Lipinski definition) is 1. The first-order valence-electron chi connectivity index (χ1n) is 6.39. The van der Waals surface area contributed by atoms with Crippen LogP contribution >= 0.6 is 11.8 Å². The summed E-state index contributed by atoms with van der Waals surface area (Å²) >= 11 is 1.56. The number of pyridine rings is 2. The highest BCUT2D eigenvalue weighted by Gasteiger charge is 2.08. The van der Waals surface area contributed by atoms with Crippen LogP contribution in [0.25, 0.3) is 5.65 Å². The molecule has 0 fully saturated rings. The molecule has 1 atom stereocenters. The molecule has 0 amide bonds. The SMILES string of the molecule is CNC(C)c1ccc(Sc2nnc3ccccn23)cn1. The Labute approximate surface area is 121 Å². The van der Waals surface area contributed by atoms with Crippen molar-refractivity contribution in [1.82, 2.24) is 24.9 Å². The topological polar surface area (TPSA) is 55.1 Å². The zero-order valence-electron chi connectivity index (χ0n) is 11.3. The summed E-state index contributed by atoms with van der Waals surface area (Å²) in [7, 11) is 1.93. The maximum atomic E-state index is 4.47. The van der Waals surface area contributed by atoms with Crippen LogP contribution in [-0.2, 0) is 0 Å². The minimum Gasteiger partial charge on any atom is -0.312 e. The molecule has 0 aliphatic heterocycles. The fourth-order valence-electron chi connectivity index (χ4n) is 1.85. The van der Waals surface area contributed by atoms with Crippen molar-refractivity contribution < 1.29 is 0 Å². The van der Waals surface area contributed by atoms with E-state index in [9.17, 15) is 0 Å². The molecule has 3 heterocycles. The van der Waals surface area contributed by atoms with Crippen molar-refractivity contribution in [1.29, 1.82) is 0 Å². The van der Waals surface area contributed by atoms with E-state index in [2.05, 4.69) is 33.5 Å². The number of rotatable bonds is 4. The van der Waals surface area contributed by atoms with Gasteiger partial charge in [0.05, 0.1) is 5.69 Å².